The van der Waals surface area contributed by atoms with Gasteiger partial charge in [0, 0.05) is 30.0 Å². The first-order valence-corrected chi connectivity index (χ1v) is 18.8. The lowest BCUT2D eigenvalue weighted by atomic mass is 9.91. The number of nitrogens with zero attached hydrogens (tertiary/aromatic N) is 4. The Morgan fingerprint density at radius 3 is 1.80 bits per heavy atom. The zero-order valence-electron chi connectivity index (χ0n) is 27.8. The highest BCUT2D eigenvalue weighted by Crippen LogP contribution is 2.33. The van der Waals surface area contributed by atoms with E-state index in [0.29, 0.717) is 0 Å². The third-order valence-electron chi connectivity index (χ3n) is 8.45. The lowest BCUT2D eigenvalue weighted by Crippen LogP contribution is -2.44. The summed E-state index contributed by atoms with van der Waals surface area (Å²) in [5, 5.41) is 15.0. The number of phenols is 1. The topological polar surface area (TPSA) is 147 Å². The van der Waals surface area contributed by atoms with Crippen LogP contribution in [0.3, 0.4) is 0 Å². The van der Waals surface area contributed by atoms with Gasteiger partial charge in [-0.25, -0.2) is 26.8 Å². The molecule has 256 valence electrons. The van der Waals surface area contributed by atoms with Crippen LogP contribution in [0, 0.1) is 0 Å². The molecule has 3 aromatic heterocycles. The molecule has 0 bridgehead atoms. The van der Waals surface area contributed by atoms with Gasteiger partial charge in [-0.1, -0.05) is 50.2 Å². The highest BCUT2D eigenvalue weighted by atomic mass is 32.2. The molecule has 6 aromatic rings. The molecule has 1 unspecified atom stereocenters. The Bertz CT molecular complexity index is 2510. The largest absolute Gasteiger partial charge is 0.508 e. The number of hydrogen-bond acceptors (Lipinski definition) is 8. The summed E-state index contributed by atoms with van der Waals surface area (Å²) in [4.78, 5) is 8.29. The quantitative estimate of drug-likeness (QED) is 0.203. The molecule has 0 fully saturated rings. The van der Waals surface area contributed by atoms with Gasteiger partial charge in [0.15, 0.2) is 0 Å². The standard InChI is InChI=1S/C35H30N6O5S2.C2H6/c1-35(25-11-16-28(17-12-25)48(45,46)39-34-8-4-6-20-37-34)23-32-29(30-22-26(42)13-18-31(30)41(32)40(35)2)21-24-9-14-27(15-10-24)47(43,44)38-33-7-3-5-19-36-33;1-2/h3-23,42H,1-2H3,(H,36,38)(H,37,39);1-2H3/b29-21-;. The SMILES string of the molecule is CC.CN1n2c(/c(=C\c3ccc(S(=O)(=O)Nc4ccccn4)cc3)c3cc(O)ccc32)=CC1(C)c1ccc(S(=O)(=O)Nc2ccccn2)cc1. The molecule has 1 aliphatic rings. The molecule has 0 aliphatic carbocycles. The Labute approximate surface area is 291 Å². The van der Waals surface area contributed by atoms with Crippen LogP contribution in [-0.2, 0) is 25.6 Å². The van der Waals surface area contributed by atoms with E-state index in [-0.39, 0.29) is 27.2 Å². The third kappa shape index (κ3) is 6.40. The van der Waals surface area contributed by atoms with E-state index in [9.17, 15) is 21.9 Å². The molecule has 0 radical (unpaired) electrons. The summed E-state index contributed by atoms with van der Waals surface area (Å²) in [5.74, 6) is 0.574. The second-order valence-corrected chi connectivity index (χ2v) is 14.9. The maximum atomic E-state index is 13.0. The van der Waals surface area contributed by atoms with Crippen LogP contribution in [0.15, 0.2) is 125 Å². The first-order valence-electron chi connectivity index (χ1n) is 15.9. The monoisotopic (exact) mass is 708 g/mol. The third-order valence-corrected chi connectivity index (χ3v) is 11.2. The second kappa shape index (κ2) is 13.3. The molecule has 3 aromatic carbocycles. The van der Waals surface area contributed by atoms with Crippen molar-refractivity contribution in [2.75, 3.05) is 21.5 Å². The normalized spacial score (nSPS) is 15.9. The number of anilines is 2. The molecular weight excluding hydrogens is 673 g/mol. The van der Waals surface area contributed by atoms with Gasteiger partial charge in [0.2, 0.25) is 0 Å². The molecule has 1 atom stereocenters. The molecule has 0 saturated heterocycles. The Balaban J connectivity index is 0.00000212. The molecule has 3 N–H and O–H groups in total. The number of hydrogen-bond donors (Lipinski definition) is 3. The molecule has 11 nitrogen and oxygen atoms in total. The smallest absolute Gasteiger partial charge is 0.263 e. The van der Waals surface area contributed by atoms with E-state index in [2.05, 4.69) is 35.2 Å². The molecule has 1 aliphatic heterocycles. The van der Waals surface area contributed by atoms with E-state index in [1.165, 1.54) is 24.5 Å². The van der Waals surface area contributed by atoms with Gasteiger partial charge in [0.05, 0.1) is 26.2 Å². The van der Waals surface area contributed by atoms with Crippen molar-refractivity contribution in [2.45, 2.75) is 36.1 Å². The van der Waals surface area contributed by atoms with Crippen LogP contribution >= 0.6 is 0 Å². The van der Waals surface area contributed by atoms with E-state index in [1.54, 1.807) is 84.9 Å². The summed E-state index contributed by atoms with van der Waals surface area (Å²) in [6.07, 6.45) is 7.07. The average molecular weight is 709 g/mol. The van der Waals surface area contributed by atoms with Gasteiger partial charge in [0.25, 0.3) is 20.0 Å². The van der Waals surface area contributed by atoms with Crippen molar-refractivity contribution in [3.63, 3.8) is 0 Å². The van der Waals surface area contributed by atoms with E-state index in [1.807, 2.05) is 40.0 Å². The van der Waals surface area contributed by atoms with Gasteiger partial charge < -0.3 is 10.1 Å². The summed E-state index contributed by atoms with van der Waals surface area (Å²) < 4.78 is 59.0. The van der Waals surface area contributed by atoms with E-state index < -0.39 is 25.6 Å². The fourth-order valence-corrected chi connectivity index (χ4v) is 7.90. The van der Waals surface area contributed by atoms with Crippen molar-refractivity contribution in [1.29, 1.82) is 0 Å². The van der Waals surface area contributed by atoms with Gasteiger partial charge in [-0.05, 0) is 96.9 Å². The van der Waals surface area contributed by atoms with Crippen LogP contribution in [0.1, 0.15) is 31.9 Å². The van der Waals surface area contributed by atoms with Crippen LogP contribution in [0.5, 0.6) is 5.75 Å². The van der Waals surface area contributed by atoms with Gasteiger partial charge >= 0.3 is 0 Å². The van der Waals surface area contributed by atoms with Crippen LogP contribution in [-0.4, -0.2) is 43.6 Å². The lowest BCUT2D eigenvalue weighted by Gasteiger charge is -2.35. The zero-order chi connectivity index (χ0) is 35.7. The minimum Gasteiger partial charge on any atom is -0.508 e. The predicted molar refractivity (Wildman–Crippen MR) is 197 cm³/mol. The number of nitrogens with one attached hydrogen (secondary N) is 2. The summed E-state index contributed by atoms with van der Waals surface area (Å²) in [6.45, 7) is 6.04. The number of aromatic nitrogens is 3. The Kier molecular flexibility index (Phi) is 9.12. The van der Waals surface area contributed by atoms with Gasteiger partial charge in [-0.3, -0.25) is 14.1 Å². The van der Waals surface area contributed by atoms with Crippen molar-refractivity contribution in [3.05, 3.63) is 137 Å². The van der Waals surface area contributed by atoms with Gasteiger partial charge in [-0.15, -0.1) is 0 Å². The van der Waals surface area contributed by atoms with Gasteiger partial charge in [0.1, 0.15) is 17.4 Å². The molecular formula is C37H36N6O5S2. The van der Waals surface area contributed by atoms with Crippen LogP contribution in [0.4, 0.5) is 11.6 Å². The number of aromatic hydroxyl groups is 1. The number of phenolic OH excluding ortho intramolecular Hbond substituents is 1. The van der Waals surface area contributed by atoms with Crippen molar-refractivity contribution in [2.24, 2.45) is 0 Å². The maximum Gasteiger partial charge on any atom is 0.263 e. The first kappa shape index (κ1) is 34.2. The molecule has 7 rings (SSSR count). The molecule has 4 heterocycles. The fraction of sp³-hybridized carbons (Fsp3) is 0.135. The summed E-state index contributed by atoms with van der Waals surface area (Å²) in [6, 6.07) is 28.4. The Hall–Kier alpha value is -5.66. The lowest BCUT2D eigenvalue weighted by molar-refractivity contribution is 0.476. The summed E-state index contributed by atoms with van der Waals surface area (Å²) in [5.41, 5.74) is 1.80. The number of rotatable bonds is 8. The minimum atomic E-state index is -3.85. The van der Waals surface area contributed by atoms with Crippen LogP contribution in [0.25, 0.3) is 23.1 Å². The predicted octanol–water partition coefficient (Wildman–Crippen LogP) is 4.87. The average Bonchev–Trinajstić information content (AvgIpc) is 3.55. The first-order chi connectivity index (χ1) is 23.9. The van der Waals surface area contributed by atoms with Crippen LogP contribution < -0.4 is 25.0 Å². The Morgan fingerprint density at radius 2 is 1.28 bits per heavy atom. The van der Waals surface area contributed by atoms with E-state index in [4.69, 9.17) is 0 Å². The molecule has 50 heavy (non-hydrogen) atoms. The van der Waals surface area contributed by atoms with E-state index >= 15 is 0 Å². The highest BCUT2D eigenvalue weighted by Gasteiger charge is 2.36. The summed E-state index contributed by atoms with van der Waals surface area (Å²) >= 11 is 0. The molecule has 0 saturated carbocycles. The molecule has 13 heteroatoms. The van der Waals surface area contributed by atoms with Gasteiger partial charge in [-0.2, -0.15) is 0 Å². The van der Waals surface area contributed by atoms with Crippen molar-refractivity contribution in [3.8, 4) is 5.75 Å². The number of benzene rings is 3. The zero-order valence-corrected chi connectivity index (χ0v) is 29.4. The maximum absolute atomic E-state index is 13.0. The number of pyridine rings is 2. The van der Waals surface area contributed by atoms with Crippen molar-refractivity contribution < 1.29 is 21.9 Å². The fourth-order valence-electron chi connectivity index (χ4n) is 5.88. The highest BCUT2D eigenvalue weighted by molar-refractivity contribution is 7.93. The molecule has 0 spiro atoms. The number of sulfonamides is 2. The summed E-state index contributed by atoms with van der Waals surface area (Å²) in [7, 11) is -5.74. The van der Waals surface area contributed by atoms with Crippen molar-refractivity contribution in [1.82, 2.24) is 14.6 Å². The van der Waals surface area contributed by atoms with Crippen LogP contribution in [0.2, 0.25) is 0 Å². The number of fused-ring (bicyclic) bond motifs is 3. The Morgan fingerprint density at radius 1 is 0.740 bits per heavy atom. The molecule has 0 amide bonds. The second-order valence-electron chi connectivity index (χ2n) is 11.5. The van der Waals surface area contributed by atoms with Crippen molar-refractivity contribution >= 4 is 54.7 Å². The van der Waals surface area contributed by atoms with E-state index in [0.717, 1.165) is 32.6 Å². The minimum absolute atomic E-state index is 0.0921.